The summed E-state index contributed by atoms with van der Waals surface area (Å²) >= 11 is 0. The molecule has 1 aliphatic rings. The van der Waals surface area contributed by atoms with E-state index in [2.05, 4.69) is 0 Å². The van der Waals surface area contributed by atoms with Crippen molar-refractivity contribution < 1.29 is 14.3 Å². The highest BCUT2D eigenvalue weighted by molar-refractivity contribution is 5.85. The smallest absolute Gasteiger partial charge is 0.236 e. The Morgan fingerprint density at radius 1 is 1.44 bits per heavy atom. The Morgan fingerprint density at radius 2 is 2.11 bits per heavy atom. The monoisotopic (exact) mass is 272 g/mol. The van der Waals surface area contributed by atoms with Gasteiger partial charge in [-0.3, -0.25) is 4.79 Å². The van der Waals surface area contributed by atoms with Crippen LogP contribution in [0.25, 0.3) is 0 Å². The fraction of sp³-hybridized carbons (Fsp3) is 0.417. The second-order valence-electron chi connectivity index (χ2n) is 3.98. The third-order valence-corrected chi connectivity index (χ3v) is 2.65. The van der Waals surface area contributed by atoms with Crippen LogP contribution in [0.15, 0.2) is 24.3 Å². The second kappa shape index (κ2) is 6.47. The van der Waals surface area contributed by atoms with Gasteiger partial charge in [-0.1, -0.05) is 12.1 Å². The minimum absolute atomic E-state index is 0. The van der Waals surface area contributed by atoms with E-state index in [1.807, 2.05) is 24.3 Å². The van der Waals surface area contributed by atoms with Crippen molar-refractivity contribution in [3.05, 3.63) is 24.3 Å². The number of para-hydroxylation sites is 2. The van der Waals surface area contributed by atoms with Gasteiger partial charge in [0.25, 0.3) is 0 Å². The van der Waals surface area contributed by atoms with E-state index >= 15 is 0 Å². The molecule has 1 amide bonds. The first-order valence-electron chi connectivity index (χ1n) is 5.53. The number of carbonyl (C=O) groups is 1. The largest absolute Gasteiger partial charge is 0.486 e. The van der Waals surface area contributed by atoms with Crippen molar-refractivity contribution in [1.29, 1.82) is 0 Å². The normalized spacial score (nSPS) is 16.7. The highest BCUT2D eigenvalue weighted by Crippen LogP contribution is 2.30. The summed E-state index contributed by atoms with van der Waals surface area (Å²) in [7, 11) is 1.71. The van der Waals surface area contributed by atoms with Crippen molar-refractivity contribution in [3.63, 3.8) is 0 Å². The summed E-state index contributed by atoms with van der Waals surface area (Å²) in [5.41, 5.74) is 5.29. The molecule has 0 bridgehead atoms. The second-order valence-corrected chi connectivity index (χ2v) is 3.98. The number of halogens is 1. The van der Waals surface area contributed by atoms with E-state index in [-0.39, 0.29) is 31.0 Å². The van der Waals surface area contributed by atoms with Crippen molar-refractivity contribution in [2.75, 3.05) is 26.7 Å². The number of amides is 1. The average molecular weight is 273 g/mol. The molecular formula is C12H17ClN2O3. The maximum Gasteiger partial charge on any atom is 0.236 e. The number of nitrogens with zero attached hydrogens (tertiary/aromatic N) is 1. The molecular weight excluding hydrogens is 256 g/mol. The van der Waals surface area contributed by atoms with Crippen LogP contribution in [0.1, 0.15) is 0 Å². The lowest BCUT2D eigenvalue weighted by atomic mass is 10.2. The van der Waals surface area contributed by atoms with Crippen LogP contribution in [0.4, 0.5) is 0 Å². The summed E-state index contributed by atoms with van der Waals surface area (Å²) in [6.45, 7) is 0.935. The summed E-state index contributed by atoms with van der Waals surface area (Å²) in [5.74, 6) is 1.36. The van der Waals surface area contributed by atoms with Gasteiger partial charge in [-0.15, -0.1) is 12.4 Å². The van der Waals surface area contributed by atoms with E-state index in [0.717, 1.165) is 11.5 Å². The summed E-state index contributed by atoms with van der Waals surface area (Å²) < 4.78 is 11.3. The number of ether oxygens (including phenoxy) is 2. The first-order valence-corrected chi connectivity index (χ1v) is 5.53. The first-order chi connectivity index (χ1) is 8.20. The molecule has 0 aromatic heterocycles. The Kier molecular flexibility index (Phi) is 5.25. The Morgan fingerprint density at radius 3 is 2.78 bits per heavy atom. The maximum absolute atomic E-state index is 11.3. The molecule has 1 atom stereocenters. The Labute approximate surface area is 112 Å². The van der Waals surface area contributed by atoms with Crippen molar-refractivity contribution >= 4 is 18.3 Å². The van der Waals surface area contributed by atoms with Crippen molar-refractivity contribution in [2.45, 2.75) is 6.10 Å². The van der Waals surface area contributed by atoms with E-state index in [1.54, 1.807) is 11.9 Å². The Balaban J connectivity index is 0.00000162. The van der Waals surface area contributed by atoms with Crippen LogP contribution in [0.3, 0.4) is 0 Å². The average Bonchev–Trinajstić information content (AvgIpc) is 2.37. The molecule has 0 saturated carbocycles. The lowest BCUT2D eigenvalue weighted by Gasteiger charge is -2.29. The molecule has 1 aliphatic heterocycles. The van der Waals surface area contributed by atoms with Gasteiger partial charge < -0.3 is 20.1 Å². The van der Waals surface area contributed by atoms with Gasteiger partial charge in [-0.25, -0.2) is 0 Å². The quantitative estimate of drug-likeness (QED) is 0.878. The molecule has 0 saturated heterocycles. The van der Waals surface area contributed by atoms with Gasteiger partial charge in [0.2, 0.25) is 5.91 Å². The molecule has 0 radical (unpaired) electrons. The zero-order chi connectivity index (χ0) is 12.3. The van der Waals surface area contributed by atoms with E-state index < -0.39 is 0 Å². The molecule has 0 aliphatic carbocycles. The van der Waals surface area contributed by atoms with Crippen molar-refractivity contribution in [1.82, 2.24) is 4.90 Å². The molecule has 2 N–H and O–H groups in total. The van der Waals surface area contributed by atoms with Crippen LogP contribution in [0.2, 0.25) is 0 Å². The molecule has 5 nitrogen and oxygen atoms in total. The fourth-order valence-electron chi connectivity index (χ4n) is 1.72. The molecule has 6 heteroatoms. The van der Waals surface area contributed by atoms with E-state index in [9.17, 15) is 4.79 Å². The van der Waals surface area contributed by atoms with Gasteiger partial charge in [-0.2, -0.15) is 0 Å². The first kappa shape index (κ1) is 14.6. The predicted octanol–water partition coefficient (Wildman–Crippen LogP) is 0.665. The van der Waals surface area contributed by atoms with Crippen LogP contribution in [-0.4, -0.2) is 43.7 Å². The van der Waals surface area contributed by atoms with Crippen LogP contribution in [-0.2, 0) is 4.79 Å². The molecule has 1 aromatic rings. The highest BCUT2D eigenvalue weighted by atomic mass is 35.5. The molecule has 2 rings (SSSR count). The molecule has 18 heavy (non-hydrogen) atoms. The summed E-state index contributed by atoms with van der Waals surface area (Å²) in [6, 6.07) is 7.50. The number of carbonyl (C=O) groups excluding carboxylic acids is 1. The standard InChI is InChI=1S/C12H16N2O3.ClH/c1-14(12(15)6-13)7-9-8-16-10-4-2-3-5-11(10)17-9;/h2-5,9H,6-8,13H2,1H3;1H. The lowest BCUT2D eigenvalue weighted by Crippen LogP contribution is -2.43. The lowest BCUT2D eigenvalue weighted by molar-refractivity contribution is -0.129. The van der Waals surface area contributed by atoms with E-state index in [4.69, 9.17) is 15.2 Å². The minimum atomic E-state index is -0.148. The van der Waals surface area contributed by atoms with Gasteiger partial charge in [-0.05, 0) is 12.1 Å². The number of hydrogen-bond donors (Lipinski definition) is 1. The summed E-state index contributed by atoms with van der Waals surface area (Å²) in [5, 5.41) is 0. The zero-order valence-corrected chi connectivity index (χ0v) is 11.0. The maximum atomic E-state index is 11.3. The third-order valence-electron chi connectivity index (χ3n) is 2.65. The molecule has 1 unspecified atom stereocenters. The van der Waals surface area contributed by atoms with Crippen LogP contribution >= 0.6 is 12.4 Å². The molecule has 100 valence electrons. The molecule has 0 fully saturated rings. The van der Waals surface area contributed by atoms with Crippen LogP contribution < -0.4 is 15.2 Å². The van der Waals surface area contributed by atoms with Gasteiger partial charge >= 0.3 is 0 Å². The number of rotatable bonds is 3. The molecule has 1 heterocycles. The predicted molar refractivity (Wildman–Crippen MR) is 70.3 cm³/mol. The molecule has 0 spiro atoms. The van der Waals surface area contributed by atoms with Crippen molar-refractivity contribution in [3.8, 4) is 11.5 Å². The molecule has 1 aromatic carbocycles. The SMILES string of the molecule is CN(CC1COc2ccccc2O1)C(=O)CN.Cl. The number of nitrogens with two attached hydrogens (primary N) is 1. The Bertz CT molecular complexity index is 414. The van der Waals surface area contributed by atoms with Crippen molar-refractivity contribution in [2.24, 2.45) is 5.73 Å². The fourth-order valence-corrected chi connectivity index (χ4v) is 1.72. The zero-order valence-electron chi connectivity index (χ0n) is 10.2. The number of fused-ring (bicyclic) bond motifs is 1. The highest BCUT2D eigenvalue weighted by Gasteiger charge is 2.23. The topological polar surface area (TPSA) is 64.8 Å². The van der Waals surface area contributed by atoms with E-state index in [0.29, 0.717) is 13.2 Å². The van der Waals surface area contributed by atoms with Gasteiger partial charge in [0.15, 0.2) is 17.6 Å². The van der Waals surface area contributed by atoms with Gasteiger partial charge in [0, 0.05) is 7.05 Å². The summed E-state index contributed by atoms with van der Waals surface area (Å²) in [4.78, 5) is 12.9. The van der Waals surface area contributed by atoms with Crippen LogP contribution in [0.5, 0.6) is 11.5 Å². The Hall–Kier alpha value is -1.46. The summed E-state index contributed by atoms with van der Waals surface area (Å²) in [6.07, 6.45) is -0.148. The van der Waals surface area contributed by atoms with Gasteiger partial charge in [0.05, 0.1) is 13.1 Å². The number of likely N-dealkylation sites (N-methyl/N-ethyl adjacent to an activating group) is 1. The minimum Gasteiger partial charge on any atom is -0.486 e. The van der Waals surface area contributed by atoms with Gasteiger partial charge in [0.1, 0.15) is 6.61 Å². The van der Waals surface area contributed by atoms with Crippen LogP contribution in [0, 0.1) is 0 Å². The van der Waals surface area contributed by atoms with E-state index in [1.165, 1.54) is 0 Å². The third kappa shape index (κ3) is 3.27. The number of hydrogen-bond acceptors (Lipinski definition) is 4. The number of benzene rings is 1.